The summed E-state index contributed by atoms with van der Waals surface area (Å²) in [5.41, 5.74) is 3.97. The smallest absolute Gasteiger partial charge is 0.258 e. The number of aromatic nitrogens is 2. The number of fused-ring (bicyclic) bond motifs is 2. The molecule has 1 N–H and O–H groups in total. The molecule has 0 saturated carbocycles. The third-order valence-corrected chi connectivity index (χ3v) is 4.78. The van der Waals surface area contributed by atoms with E-state index >= 15 is 0 Å². The van der Waals surface area contributed by atoms with Crippen LogP contribution >= 0.6 is 0 Å². The number of benzene rings is 2. The maximum absolute atomic E-state index is 13.1. The molecule has 0 spiro atoms. The summed E-state index contributed by atoms with van der Waals surface area (Å²) in [6.45, 7) is 4.15. The van der Waals surface area contributed by atoms with Crippen LogP contribution in [0.3, 0.4) is 0 Å². The van der Waals surface area contributed by atoms with Crippen LogP contribution in [0, 0.1) is 0 Å². The molecule has 0 aliphatic carbocycles. The number of amides is 1. The summed E-state index contributed by atoms with van der Waals surface area (Å²) in [5, 5.41) is 3.48. The molecule has 2 atom stereocenters. The zero-order valence-corrected chi connectivity index (χ0v) is 14.3. The van der Waals surface area contributed by atoms with Gasteiger partial charge in [0.15, 0.2) is 0 Å². The quantitative estimate of drug-likeness (QED) is 0.788. The molecule has 1 aliphatic rings. The first-order valence-electron chi connectivity index (χ1n) is 8.59. The Hall–Kier alpha value is -2.95. The summed E-state index contributed by atoms with van der Waals surface area (Å²) in [6, 6.07) is 15.5. The molecule has 126 valence electrons. The fourth-order valence-electron chi connectivity index (χ4n) is 3.24. The normalized spacial score (nSPS) is 17.9. The summed E-state index contributed by atoms with van der Waals surface area (Å²) < 4.78 is 0. The van der Waals surface area contributed by atoms with Crippen LogP contribution in [0.1, 0.15) is 42.5 Å². The highest BCUT2D eigenvalue weighted by Crippen LogP contribution is 2.34. The molecular formula is C20H20N4O. The van der Waals surface area contributed by atoms with Crippen LogP contribution in [0.25, 0.3) is 11.0 Å². The van der Waals surface area contributed by atoms with Crippen LogP contribution in [-0.4, -0.2) is 26.8 Å². The van der Waals surface area contributed by atoms with Gasteiger partial charge in [0.2, 0.25) is 0 Å². The van der Waals surface area contributed by atoms with Crippen molar-refractivity contribution in [2.24, 2.45) is 0 Å². The van der Waals surface area contributed by atoms with Crippen molar-refractivity contribution in [2.75, 3.05) is 5.32 Å². The molecule has 5 nitrogen and oxygen atoms in total. The van der Waals surface area contributed by atoms with E-state index < -0.39 is 0 Å². The van der Waals surface area contributed by atoms with Gasteiger partial charge in [-0.25, -0.2) is 4.98 Å². The third kappa shape index (κ3) is 2.61. The van der Waals surface area contributed by atoms with E-state index in [1.807, 2.05) is 53.4 Å². The van der Waals surface area contributed by atoms with Crippen molar-refractivity contribution in [1.29, 1.82) is 0 Å². The predicted octanol–water partition coefficient (Wildman–Crippen LogP) is 3.99. The van der Waals surface area contributed by atoms with Crippen LogP contribution in [0.4, 0.5) is 5.69 Å². The first-order chi connectivity index (χ1) is 12.2. The fourth-order valence-corrected chi connectivity index (χ4v) is 3.24. The molecule has 0 fully saturated rings. The number of nitrogens with one attached hydrogen (secondary N) is 1. The molecule has 0 radical (unpaired) electrons. The lowest BCUT2D eigenvalue weighted by molar-refractivity contribution is 0.0589. The number of carbonyl (C=O) groups excluding carboxylic acids is 1. The Labute approximate surface area is 146 Å². The van der Waals surface area contributed by atoms with E-state index in [1.54, 1.807) is 6.20 Å². The summed E-state index contributed by atoms with van der Waals surface area (Å²) in [7, 11) is 0. The fraction of sp³-hybridized carbons (Fsp3) is 0.250. The maximum atomic E-state index is 13.1. The molecule has 0 saturated heterocycles. The Morgan fingerprint density at radius 1 is 1.12 bits per heavy atom. The van der Waals surface area contributed by atoms with Crippen molar-refractivity contribution in [3.8, 4) is 0 Å². The van der Waals surface area contributed by atoms with Crippen molar-refractivity contribution in [2.45, 2.75) is 32.5 Å². The van der Waals surface area contributed by atoms with E-state index in [1.165, 1.54) is 0 Å². The van der Waals surface area contributed by atoms with Crippen molar-refractivity contribution in [1.82, 2.24) is 14.9 Å². The third-order valence-electron chi connectivity index (χ3n) is 4.78. The average molecular weight is 332 g/mol. The summed E-state index contributed by atoms with van der Waals surface area (Å²) in [6.07, 6.45) is 2.30. The van der Waals surface area contributed by atoms with E-state index in [0.717, 1.165) is 28.8 Å². The molecule has 3 aromatic rings. The van der Waals surface area contributed by atoms with Gasteiger partial charge in [0.25, 0.3) is 5.91 Å². The molecule has 1 amide bonds. The highest BCUT2D eigenvalue weighted by Gasteiger charge is 2.36. The topological polar surface area (TPSA) is 58.1 Å². The first kappa shape index (κ1) is 15.6. The monoisotopic (exact) mass is 332 g/mol. The van der Waals surface area contributed by atoms with Gasteiger partial charge in [-0.05, 0) is 37.6 Å². The van der Waals surface area contributed by atoms with E-state index in [0.29, 0.717) is 5.56 Å². The standard InChI is InChI=1S/C20H20N4O/c1-3-13(2)24-19(23-15-9-5-4-8-14(15)20(24)25)18-12-21-16-10-6-7-11-17(16)22-18/h4-13,19,23H,3H2,1-2H3/t13-,19+/m0/s1. The lowest BCUT2D eigenvalue weighted by Gasteiger charge is -2.40. The molecule has 2 heterocycles. The van der Waals surface area contributed by atoms with Crippen LogP contribution in [0.5, 0.6) is 0 Å². The van der Waals surface area contributed by atoms with E-state index in [2.05, 4.69) is 24.1 Å². The van der Waals surface area contributed by atoms with Gasteiger partial charge < -0.3 is 10.2 Å². The number of para-hydroxylation sites is 3. The largest absolute Gasteiger partial charge is 0.359 e. The molecule has 4 rings (SSSR count). The number of anilines is 1. The van der Waals surface area contributed by atoms with E-state index in [9.17, 15) is 4.79 Å². The van der Waals surface area contributed by atoms with Gasteiger partial charge in [0.05, 0.1) is 22.8 Å². The van der Waals surface area contributed by atoms with Gasteiger partial charge in [0, 0.05) is 11.7 Å². The Balaban J connectivity index is 1.83. The van der Waals surface area contributed by atoms with Gasteiger partial charge >= 0.3 is 0 Å². The van der Waals surface area contributed by atoms with E-state index in [4.69, 9.17) is 4.98 Å². The van der Waals surface area contributed by atoms with Crippen LogP contribution < -0.4 is 5.32 Å². The van der Waals surface area contributed by atoms with Gasteiger partial charge in [-0.1, -0.05) is 31.2 Å². The number of rotatable bonds is 3. The number of hydrogen-bond acceptors (Lipinski definition) is 4. The van der Waals surface area contributed by atoms with Gasteiger partial charge in [-0.15, -0.1) is 0 Å². The number of nitrogens with zero attached hydrogens (tertiary/aromatic N) is 3. The van der Waals surface area contributed by atoms with Gasteiger partial charge in [0.1, 0.15) is 11.9 Å². The van der Waals surface area contributed by atoms with Gasteiger partial charge in [-0.2, -0.15) is 0 Å². The zero-order valence-electron chi connectivity index (χ0n) is 14.3. The second-order valence-electron chi connectivity index (χ2n) is 6.35. The van der Waals surface area contributed by atoms with E-state index in [-0.39, 0.29) is 18.1 Å². The average Bonchev–Trinajstić information content (AvgIpc) is 2.67. The van der Waals surface area contributed by atoms with Crippen LogP contribution in [0.15, 0.2) is 54.7 Å². The SMILES string of the molecule is CC[C@H](C)N1C(=O)c2ccccc2N[C@H]1c1cnc2ccccc2n1. The Morgan fingerprint density at radius 2 is 1.84 bits per heavy atom. The van der Waals surface area contributed by atoms with Crippen LogP contribution in [-0.2, 0) is 0 Å². The summed E-state index contributed by atoms with van der Waals surface area (Å²) in [5.74, 6) is 0.0312. The number of carbonyl (C=O) groups is 1. The molecule has 25 heavy (non-hydrogen) atoms. The van der Waals surface area contributed by atoms with Crippen molar-refractivity contribution < 1.29 is 4.79 Å². The minimum Gasteiger partial charge on any atom is -0.359 e. The second kappa shape index (κ2) is 6.16. The predicted molar refractivity (Wildman–Crippen MR) is 98.3 cm³/mol. The molecule has 0 unspecified atom stereocenters. The van der Waals surface area contributed by atoms with Gasteiger partial charge in [-0.3, -0.25) is 9.78 Å². The Bertz CT molecular complexity index is 940. The molecular weight excluding hydrogens is 312 g/mol. The second-order valence-corrected chi connectivity index (χ2v) is 6.35. The molecule has 2 aromatic carbocycles. The lowest BCUT2D eigenvalue weighted by atomic mass is 10.0. The highest BCUT2D eigenvalue weighted by molar-refractivity contribution is 6.01. The zero-order chi connectivity index (χ0) is 17.4. The minimum atomic E-state index is -0.325. The molecule has 0 bridgehead atoms. The lowest BCUT2D eigenvalue weighted by Crippen LogP contribution is -2.47. The Kier molecular flexibility index (Phi) is 3.84. The summed E-state index contributed by atoms with van der Waals surface area (Å²) >= 11 is 0. The minimum absolute atomic E-state index is 0.0312. The van der Waals surface area contributed by atoms with Crippen LogP contribution in [0.2, 0.25) is 0 Å². The van der Waals surface area contributed by atoms with Crippen molar-refractivity contribution in [3.05, 3.63) is 66.0 Å². The molecule has 1 aromatic heterocycles. The van der Waals surface area contributed by atoms with Crippen molar-refractivity contribution in [3.63, 3.8) is 0 Å². The molecule has 1 aliphatic heterocycles. The first-order valence-corrected chi connectivity index (χ1v) is 8.59. The number of hydrogen-bond donors (Lipinski definition) is 1. The molecule has 5 heteroatoms. The summed E-state index contributed by atoms with van der Waals surface area (Å²) in [4.78, 5) is 24.2. The maximum Gasteiger partial charge on any atom is 0.258 e. The van der Waals surface area contributed by atoms with Crippen molar-refractivity contribution >= 4 is 22.6 Å². The highest BCUT2D eigenvalue weighted by atomic mass is 16.2. The Morgan fingerprint density at radius 3 is 2.64 bits per heavy atom.